The molecule has 1 heterocycles. The quantitative estimate of drug-likeness (QED) is 0.631. The number of carbonyl (C=O) groups excluding carboxylic acids is 2. The second-order valence-electron chi connectivity index (χ2n) is 6.89. The Morgan fingerprint density at radius 2 is 2.04 bits per heavy atom. The Balaban J connectivity index is 0.00000208. The van der Waals surface area contributed by atoms with Crippen molar-refractivity contribution in [2.75, 3.05) is 0 Å². The maximum atomic E-state index is 12.3. The Morgan fingerprint density at radius 3 is 2.62 bits per heavy atom. The van der Waals surface area contributed by atoms with Crippen LogP contribution in [-0.4, -0.2) is 21.4 Å². The maximum absolute atomic E-state index is 12.3. The summed E-state index contributed by atoms with van der Waals surface area (Å²) >= 11 is 0. The first-order valence-corrected chi connectivity index (χ1v) is 7.70. The van der Waals surface area contributed by atoms with Crippen LogP contribution in [0.15, 0.2) is 24.3 Å². The number of rotatable bonds is 4. The van der Waals surface area contributed by atoms with Crippen LogP contribution in [0.5, 0.6) is 0 Å². The second-order valence-corrected chi connectivity index (χ2v) is 6.89. The number of para-hydroxylation sites is 2. The average molecular weight is 337 g/mol. The van der Waals surface area contributed by atoms with Gasteiger partial charge in [-0.15, -0.1) is 0 Å². The summed E-state index contributed by atoms with van der Waals surface area (Å²) in [5.41, 5.74) is 1.48. The Kier molecular flexibility index (Phi) is 5.42. The van der Waals surface area contributed by atoms with Crippen molar-refractivity contribution in [3.63, 3.8) is 0 Å². The summed E-state index contributed by atoms with van der Waals surface area (Å²) in [6.45, 7) is 3.98. The maximum Gasteiger partial charge on any atom is 1.00 e. The van der Waals surface area contributed by atoms with Crippen LogP contribution in [0.2, 0.25) is 0 Å². The zero-order valence-corrected chi connectivity index (χ0v) is 16.5. The van der Waals surface area contributed by atoms with Crippen LogP contribution in [0.4, 0.5) is 0 Å². The molecule has 0 aliphatic heterocycles. The molecular weight excluding hydrogens is 317 g/mol. The molecule has 6 nitrogen and oxygen atoms in total. The zero-order chi connectivity index (χ0) is 16.8. The number of carboxylic acid groups (broad SMARTS) is 1. The van der Waals surface area contributed by atoms with E-state index >= 15 is 0 Å². The number of amides is 1. The van der Waals surface area contributed by atoms with Gasteiger partial charge in [-0.1, -0.05) is 26.0 Å². The molecule has 1 aromatic carbocycles. The first-order valence-electron chi connectivity index (χ1n) is 7.70. The molecule has 1 aliphatic rings. The number of carbonyl (C=O) groups is 2. The van der Waals surface area contributed by atoms with E-state index in [-0.39, 0.29) is 42.0 Å². The van der Waals surface area contributed by atoms with E-state index in [9.17, 15) is 14.7 Å². The average Bonchev–Trinajstić information content (AvgIpc) is 2.79. The number of benzene rings is 1. The van der Waals surface area contributed by atoms with Gasteiger partial charge in [0.25, 0.3) is 0 Å². The number of imidazole rings is 1. The normalized spacial score (nSPS) is 21.6. The van der Waals surface area contributed by atoms with Gasteiger partial charge in [0.15, 0.2) is 0 Å². The molecule has 1 fully saturated rings. The van der Waals surface area contributed by atoms with E-state index in [1.807, 2.05) is 49.7 Å². The van der Waals surface area contributed by atoms with Crippen molar-refractivity contribution < 1.29 is 44.3 Å². The van der Waals surface area contributed by atoms with Gasteiger partial charge in [0.1, 0.15) is 5.82 Å². The molecule has 24 heavy (non-hydrogen) atoms. The number of hydrogen-bond acceptors (Lipinski definition) is 4. The molecule has 122 valence electrons. The van der Waals surface area contributed by atoms with E-state index in [4.69, 9.17) is 0 Å². The largest absolute Gasteiger partial charge is 1.00 e. The van der Waals surface area contributed by atoms with E-state index in [0.717, 1.165) is 16.9 Å². The number of fused-ring (bicyclic) bond motifs is 1. The van der Waals surface area contributed by atoms with E-state index in [1.165, 1.54) is 0 Å². The molecular formula is C17H20N3NaO3. The molecule has 1 aliphatic carbocycles. The van der Waals surface area contributed by atoms with Crippen molar-refractivity contribution >= 4 is 22.9 Å². The van der Waals surface area contributed by atoms with E-state index in [2.05, 4.69) is 10.3 Å². The zero-order valence-electron chi connectivity index (χ0n) is 14.5. The van der Waals surface area contributed by atoms with Crippen molar-refractivity contribution in [2.45, 2.75) is 26.8 Å². The van der Waals surface area contributed by atoms with Gasteiger partial charge in [-0.2, -0.15) is 0 Å². The van der Waals surface area contributed by atoms with Gasteiger partial charge in [-0.05, 0) is 24.0 Å². The Labute approximate surface area is 162 Å². The van der Waals surface area contributed by atoms with Gasteiger partial charge < -0.3 is 19.8 Å². The predicted molar refractivity (Wildman–Crippen MR) is 82.9 cm³/mol. The third-order valence-corrected chi connectivity index (χ3v) is 4.88. The van der Waals surface area contributed by atoms with Crippen molar-refractivity contribution in [1.29, 1.82) is 0 Å². The topological polar surface area (TPSA) is 87.0 Å². The van der Waals surface area contributed by atoms with Crippen molar-refractivity contribution in [1.82, 2.24) is 14.9 Å². The number of hydrogen-bond donors (Lipinski definition) is 1. The first-order chi connectivity index (χ1) is 10.8. The van der Waals surface area contributed by atoms with Gasteiger partial charge in [-0.25, -0.2) is 4.98 Å². The molecule has 1 aromatic heterocycles. The molecule has 1 saturated carbocycles. The molecule has 0 saturated heterocycles. The SMILES string of the molecule is Cn1c(CNC(=O)[C@@H]2CC(C)(C)[C@@H]2C(=O)[O-])nc2ccccc21.[Na+]. The molecule has 2 atom stereocenters. The van der Waals surface area contributed by atoms with Crippen LogP contribution in [0.1, 0.15) is 26.1 Å². The molecule has 1 amide bonds. The predicted octanol–water partition coefficient (Wildman–Crippen LogP) is -2.39. The molecule has 3 rings (SSSR count). The number of nitrogens with zero attached hydrogens (tertiary/aromatic N) is 2. The van der Waals surface area contributed by atoms with Crippen LogP contribution >= 0.6 is 0 Å². The van der Waals surface area contributed by atoms with Gasteiger partial charge in [0.2, 0.25) is 5.91 Å². The third kappa shape index (κ3) is 3.23. The Morgan fingerprint density at radius 1 is 1.38 bits per heavy atom. The van der Waals surface area contributed by atoms with Gasteiger partial charge in [-0.3, -0.25) is 4.79 Å². The molecule has 0 unspecified atom stereocenters. The van der Waals surface area contributed by atoms with Crippen molar-refractivity contribution in [3.8, 4) is 0 Å². The number of aliphatic carboxylic acids is 1. The minimum atomic E-state index is -1.15. The van der Waals surface area contributed by atoms with Crippen LogP contribution in [0.3, 0.4) is 0 Å². The smallest absolute Gasteiger partial charge is 0.550 e. The van der Waals surface area contributed by atoms with Crippen molar-refractivity contribution in [3.05, 3.63) is 30.1 Å². The van der Waals surface area contributed by atoms with Crippen LogP contribution in [0, 0.1) is 17.3 Å². The summed E-state index contributed by atoms with van der Waals surface area (Å²) in [6.07, 6.45) is 0.556. The summed E-state index contributed by atoms with van der Waals surface area (Å²) in [5.74, 6) is -1.91. The standard InChI is InChI=1S/C17H21N3O3.Na/c1-17(2)8-10(14(17)16(22)23)15(21)18-9-13-19-11-6-4-5-7-12(11)20(13)3;/h4-7,10,14H,8-9H2,1-3H3,(H,18,21)(H,22,23);/q;+1/p-1/t10-,14+;/m1./s1. The third-order valence-electron chi connectivity index (χ3n) is 4.88. The summed E-state index contributed by atoms with van der Waals surface area (Å²) in [7, 11) is 1.90. The molecule has 2 aromatic rings. The fraction of sp³-hybridized carbons (Fsp3) is 0.471. The molecule has 7 heteroatoms. The molecule has 0 bridgehead atoms. The molecule has 0 radical (unpaired) electrons. The van der Waals surface area contributed by atoms with E-state index < -0.39 is 23.2 Å². The summed E-state index contributed by atoms with van der Waals surface area (Å²) in [6, 6.07) is 7.74. The summed E-state index contributed by atoms with van der Waals surface area (Å²) < 4.78 is 1.93. The monoisotopic (exact) mass is 337 g/mol. The summed E-state index contributed by atoms with van der Waals surface area (Å²) in [5, 5.41) is 14.1. The van der Waals surface area contributed by atoms with Crippen LogP contribution < -0.4 is 40.0 Å². The minimum absolute atomic E-state index is 0. The van der Waals surface area contributed by atoms with Crippen molar-refractivity contribution in [2.24, 2.45) is 24.3 Å². The number of carboxylic acids is 1. The first kappa shape index (κ1) is 19.0. The van der Waals surface area contributed by atoms with Crippen LogP contribution in [0.25, 0.3) is 11.0 Å². The fourth-order valence-electron chi connectivity index (χ4n) is 3.57. The van der Waals surface area contributed by atoms with Gasteiger partial charge >= 0.3 is 29.6 Å². The van der Waals surface area contributed by atoms with Gasteiger partial charge in [0, 0.05) is 24.9 Å². The second kappa shape index (κ2) is 6.86. The fourth-order valence-corrected chi connectivity index (χ4v) is 3.57. The molecule has 0 spiro atoms. The summed E-state index contributed by atoms with van der Waals surface area (Å²) in [4.78, 5) is 28.0. The van der Waals surface area contributed by atoms with Gasteiger partial charge in [0.05, 0.1) is 17.6 Å². The van der Waals surface area contributed by atoms with E-state index in [0.29, 0.717) is 6.42 Å². The Bertz CT molecular complexity index is 784. The van der Waals surface area contributed by atoms with Crippen LogP contribution in [-0.2, 0) is 23.2 Å². The number of aromatic nitrogens is 2. The van der Waals surface area contributed by atoms with E-state index in [1.54, 1.807) is 0 Å². The number of aryl methyl sites for hydroxylation is 1. The Hall–Kier alpha value is -1.37. The molecule has 1 N–H and O–H groups in total. The minimum Gasteiger partial charge on any atom is -0.550 e. The number of nitrogens with one attached hydrogen (secondary N) is 1.